The Bertz CT molecular complexity index is 551. The molecule has 0 heterocycles. The van der Waals surface area contributed by atoms with Crippen LogP contribution in [0.1, 0.15) is 22.3 Å². The van der Waals surface area contributed by atoms with E-state index in [1.54, 1.807) is 0 Å². The molecule has 5 N–H and O–H groups in total. The smallest absolute Gasteiger partial charge is 0.122 e. The average molecular weight is 326 g/mol. The van der Waals surface area contributed by atoms with Crippen LogP contribution < -0.4 is 11.5 Å². The van der Waals surface area contributed by atoms with E-state index in [4.69, 9.17) is 16.9 Å². The summed E-state index contributed by atoms with van der Waals surface area (Å²) in [5.41, 5.74) is 15.5. The molecule has 0 saturated heterocycles. The van der Waals surface area contributed by atoms with Gasteiger partial charge in [0.15, 0.2) is 0 Å². The lowest BCUT2D eigenvalue weighted by atomic mass is 10.0. The average Bonchev–Trinajstić information content (AvgIpc) is 2.46. The van der Waals surface area contributed by atoms with Crippen LogP contribution in [0, 0.1) is 5.41 Å². The Hall–Kier alpha value is -1.55. The molecule has 0 bridgehead atoms. The zero-order chi connectivity index (χ0) is 13.7. The van der Waals surface area contributed by atoms with Gasteiger partial charge in [-0.1, -0.05) is 48.5 Å². The summed E-state index contributed by atoms with van der Waals surface area (Å²) in [4.78, 5) is 0. The minimum Gasteiger partial charge on any atom is -0.384 e. The van der Waals surface area contributed by atoms with Gasteiger partial charge in [-0.25, -0.2) is 0 Å². The molecule has 0 saturated carbocycles. The quantitative estimate of drug-likeness (QED) is 0.583. The third-order valence-corrected chi connectivity index (χ3v) is 3.23. The summed E-state index contributed by atoms with van der Waals surface area (Å²) in [7, 11) is 0. The number of benzene rings is 2. The SMILES string of the molecule is Cl.Cl.N=C(N)c1ccc(CCc2ccc(CN)cc2)cc1. The van der Waals surface area contributed by atoms with Gasteiger partial charge in [-0.05, 0) is 29.5 Å². The van der Waals surface area contributed by atoms with E-state index in [0.29, 0.717) is 6.54 Å². The second-order valence-corrected chi connectivity index (χ2v) is 4.63. The first-order chi connectivity index (χ1) is 9.19. The number of rotatable bonds is 5. The minimum atomic E-state index is 0. The molecule has 2 rings (SSSR count). The number of nitrogen functional groups attached to an aromatic ring is 1. The Balaban J connectivity index is 0.00000200. The fraction of sp³-hybridized carbons (Fsp3) is 0.188. The van der Waals surface area contributed by atoms with E-state index in [2.05, 4.69) is 24.3 Å². The van der Waals surface area contributed by atoms with Crippen LogP contribution in [0.25, 0.3) is 0 Å². The van der Waals surface area contributed by atoms with Gasteiger partial charge < -0.3 is 11.5 Å². The largest absolute Gasteiger partial charge is 0.384 e. The normalized spacial score (nSPS) is 9.38. The van der Waals surface area contributed by atoms with Crippen molar-refractivity contribution in [3.8, 4) is 0 Å². The number of hydrogen-bond acceptors (Lipinski definition) is 2. The number of hydrogen-bond donors (Lipinski definition) is 3. The van der Waals surface area contributed by atoms with Gasteiger partial charge in [0.1, 0.15) is 5.84 Å². The van der Waals surface area contributed by atoms with Gasteiger partial charge in [0, 0.05) is 12.1 Å². The Labute approximate surface area is 138 Å². The molecule has 0 aliphatic rings. The van der Waals surface area contributed by atoms with Crippen molar-refractivity contribution in [2.24, 2.45) is 11.5 Å². The summed E-state index contributed by atoms with van der Waals surface area (Å²) in [6, 6.07) is 16.3. The predicted octanol–water partition coefficient (Wildman–Crippen LogP) is 3.06. The van der Waals surface area contributed by atoms with Crippen molar-refractivity contribution < 1.29 is 0 Å². The molecule has 0 aliphatic carbocycles. The molecule has 21 heavy (non-hydrogen) atoms. The van der Waals surface area contributed by atoms with Crippen LogP contribution in [-0.4, -0.2) is 5.84 Å². The topological polar surface area (TPSA) is 75.9 Å². The van der Waals surface area contributed by atoms with Crippen LogP contribution in [-0.2, 0) is 19.4 Å². The number of nitrogens with one attached hydrogen (secondary N) is 1. The monoisotopic (exact) mass is 325 g/mol. The zero-order valence-electron chi connectivity index (χ0n) is 11.7. The van der Waals surface area contributed by atoms with Crippen molar-refractivity contribution in [1.82, 2.24) is 0 Å². The lowest BCUT2D eigenvalue weighted by Crippen LogP contribution is -2.10. The molecule has 114 valence electrons. The van der Waals surface area contributed by atoms with Crippen LogP contribution in [0.4, 0.5) is 0 Å². The third kappa shape index (κ3) is 5.76. The summed E-state index contributed by atoms with van der Waals surface area (Å²) in [6.07, 6.45) is 1.99. The van der Waals surface area contributed by atoms with E-state index in [-0.39, 0.29) is 30.6 Å². The van der Waals surface area contributed by atoms with Crippen LogP contribution in [0.2, 0.25) is 0 Å². The Morgan fingerprint density at radius 2 is 1.14 bits per heavy atom. The van der Waals surface area contributed by atoms with Gasteiger partial charge in [-0.2, -0.15) is 0 Å². The lowest BCUT2D eigenvalue weighted by molar-refractivity contribution is 0.955. The molecule has 2 aromatic rings. The lowest BCUT2D eigenvalue weighted by Gasteiger charge is -2.05. The van der Waals surface area contributed by atoms with Crippen LogP contribution in [0.3, 0.4) is 0 Å². The first-order valence-corrected chi connectivity index (χ1v) is 6.40. The maximum absolute atomic E-state index is 7.35. The molecule has 0 amide bonds. The minimum absolute atomic E-state index is 0. The fourth-order valence-corrected chi connectivity index (χ4v) is 1.98. The maximum atomic E-state index is 7.35. The van der Waals surface area contributed by atoms with Crippen LogP contribution in [0.15, 0.2) is 48.5 Å². The fourth-order valence-electron chi connectivity index (χ4n) is 1.98. The molecule has 0 spiro atoms. The van der Waals surface area contributed by atoms with E-state index < -0.39 is 0 Å². The Morgan fingerprint density at radius 3 is 1.52 bits per heavy atom. The third-order valence-electron chi connectivity index (χ3n) is 3.23. The maximum Gasteiger partial charge on any atom is 0.122 e. The van der Waals surface area contributed by atoms with Crippen molar-refractivity contribution >= 4 is 30.6 Å². The molecule has 0 unspecified atom stereocenters. The molecule has 0 aliphatic heterocycles. The number of aryl methyl sites for hydroxylation is 2. The second kappa shape index (κ2) is 9.40. The molecule has 0 aromatic heterocycles. The summed E-state index contributed by atoms with van der Waals surface area (Å²) in [6.45, 7) is 0.590. The molecular formula is C16H21Cl2N3. The van der Waals surface area contributed by atoms with Gasteiger partial charge in [0.25, 0.3) is 0 Å². The summed E-state index contributed by atoms with van der Waals surface area (Å²) >= 11 is 0. The number of halogens is 2. The highest BCUT2D eigenvalue weighted by molar-refractivity contribution is 5.94. The molecule has 0 atom stereocenters. The molecule has 2 aromatic carbocycles. The van der Waals surface area contributed by atoms with Crippen molar-refractivity contribution in [1.29, 1.82) is 5.41 Å². The van der Waals surface area contributed by atoms with Gasteiger partial charge in [0.2, 0.25) is 0 Å². The van der Waals surface area contributed by atoms with Crippen molar-refractivity contribution in [3.63, 3.8) is 0 Å². The van der Waals surface area contributed by atoms with Crippen molar-refractivity contribution in [3.05, 3.63) is 70.8 Å². The van der Waals surface area contributed by atoms with Crippen LogP contribution >= 0.6 is 24.8 Å². The van der Waals surface area contributed by atoms with Gasteiger partial charge in [0.05, 0.1) is 0 Å². The summed E-state index contributed by atoms with van der Waals surface area (Å²) in [5, 5.41) is 7.35. The van der Waals surface area contributed by atoms with E-state index in [9.17, 15) is 0 Å². The zero-order valence-corrected chi connectivity index (χ0v) is 13.3. The summed E-state index contributed by atoms with van der Waals surface area (Å²) < 4.78 is 0. The van der Waals surface area contributed by atoms with E-state index in [1.807, 2.05) is 24.3 Å². The second-order valence-electron chi connectivity index (χ2n) is 4.63. The Kier molecular flexibility index (Phi) is 8.70. The van der Waals surface area contributed by atoms with Crippen LogP contribution in [0.5, 0.6) is 0 Å². The Morgan fingerprint density at radius 1 is 0.762 bits per heavy atom. The van der Waals surface area contributed by atoms with Gasteiger partial charge in [-0.3, -0.25) is 5.41 Å². The standard InChI is InChI=1S/C16H19N3.2ClH/c17-11-14-5-3-12(4-6-14)1-2-13-7-9-15(10-8-13)16(18)19;;/h3-10H,1-2,11,17H2,(H3,18,19);2*1H. The highest BCUT2D eigenvalue weighted by Crippen LogP contribution is 2.10. The summed E-state index contributed by atoms with van der Waals surface area (Å²) in [5.74, 6) is 0.115. The van der Waals surface area contributed by atoms with E-state index in [1.165, 1.54) is 11.1 Å². The van der Waals surface area contributed by atoms with Crippen molar-refractivity contribution in [2.75, 3.05) is 0 Å². The van der Waals surface area contributed by atoms with Gasteiger partial charge in [-0.15, -0.1) is 24.8 Å². The molecule has 3 nitrogen and oxygen atoms in total. The van der Waals surface area contributed by atoms with E-state index in [0.717, 1.165) is 24.0 Å². The molecule has 0 radical (unpaired) electrons. The number of amidine groups is 1. The van der Waals surface area contributed by atoms with Gasteiger partial charge >= 0.3 is 0 Å². The first-order valence-electron chi connectivity index (χ1n) is 6.40. The highest BCUT2D eigenvalue weighted by Gasteiger charge is 1.99. The molecule has 5 heteroatoms. The predicted molar refractivity (Wildman–Crippen MR) is 93.7 cm³/mol. The number of nitrogens with two attached hydrogens (primary N) is 2. The highest BCUT2D eigenvalue weighted by atomic mass is 35.5. The van der Waals surface area contributed by atoms with Crippen molar-refractivity contribution in [2.45, 2.75) is 19.4 Å². The van der Waals surface area contributed by atoms with E-state index >= 15 is 0 Å². The molecular weight excluding hydrogens is 305 g/mol. The molecule has 0 fully saturated rings. The first kappa shape index (κ1) is 19.4.